The number of ether oxygens (including phenoxy) is 2. The van der Waals surface area contributed by atoms with E-state index in [9.17, 15) is 4.79 Å². The third-order valence-corrected chi connectivity index (χ3v) is 5.32. The molecule has 0 aliphatic rings. The first-order chi connectivity index (χ1) is 13.7. The Morgan fingerprint density at radius 1 is 0.786 bits per heavy atom. The van der Waals surface area contributed by atoms with E-state index in [1.165, 1.54) is 83.5 Å². The first-order valence-electron chi connectivity index (χ1n) is 11.5. The summed E-state index contributed by atoms with van der Waals surface area (Å²) >= 11 is 0. The zero-order valence-corrected chi connectivity index (χ0v) is 18.6. The van der Waals surface area contributed by atoms with Crippen molar-refractivity contribution >= 4 is 5.78 Å². The molecule has 0 heterocycles. The summed E-state index contributed by atoms with van der Waals surface area (Å²) in [5.74, 6) is 1.39. The maximum atomic E-state index is 11.7. The SMILES string of the molecule is CCCCCCCCCCCCCCCCOc1cc(OC)ccc1C(C)=O. The van der Waals surface area contributed by atoms with E-state index < -0.39 is 0 Å². The molecule has 0 spiro atoms. The van der Waals surface area contributed by atoms with Gasteiger partial charge in [0.05, 0.1) is 19.3 Å². The largest absolute Gasteiger partial charge is 0.497 e. The average Bonchev–Trinajstić information content (AvgIpc) is 2.70. The molecule has 0 saturated heterocycles. The molecule has 1 aromatic carbocycles. The number of hydrogen-bond acceptors (Lipinski definition) is 3. The highest BCUT2D eigenvalue weighted by molar-refractivity contribution is 5.97. The molecule has 0 radical (unpaired) electrons. The van der Waals surface area contributed by atoms with Crippen LogP contribution in [0.25, 0.3) is 0 Å². The van der Waals surface area contributed by atoms with E-state index in [1.54, 1.807) is 32.2 Å². The van der Waals surface area contributed by atoms with Crippen LogP contribution in [0.2, 0.25) is 0 Å². The Morgan fingerprint density at radius 3 is 1.75 bits per heavy atom. The van der Waals surface area contributed by atoms with Gasteiger partial charge in [-0.05, 0) is 25.5 Å². The van der Waals surface area contributed by atoms with E-state index in [4.69, 9.17) is 9.47 Å². The van der Waals surface area contributed by atoms with Crippen molar-refractivity contribution in [1.82, 2.24) is 0 Å². The number of carbonyl (C=O) groups is 1. The molecular weight excluding hydrogens is 348 g/mol. The van der Waals surface area contributed by atoms with Crippen LogP contribution in [0.4, 0.5) is 0 Å². The fraction of sp³-hybridized carbons (Fsp3) is 0.720. The highest BCUT2D eigenvalue weighted by atomic mass is 16.5. The molecule has 0 bridgehead atoms. The fourth-order valence-electron chi connectivity index (χ4n) is 3.52. The standard InChI is InChI=1S/C25H42O3/c1-4-5-6-7-8-9-10-11-12-13-14-15-16-17-20-28-25-21-23(27-3)18-19-24(25)22(2)26/h18-19,21H,4-17,20H2,1-3H3. The molecule has 3 nitrogen and oxygen atoms in total. The molecule has 0 aromatic heterocycles. The van der Waals surface area contributed by atoms with Crippen molar-refractivity contribution in [2.24, 2.45) is 0 Å². The van der Waals surface area contributed by atoms with Gasteiger partial charge in [-0.25, -0.2) is 0 Å². The van der Waals surface area contributed by atoms with Crippen molar-refractivity contribution in [2.75, 3.05) is 13.7 Å². The number of methoxy groups -OCH3 is 1. The molecule has 0 saturated carbocycles. The van der Waals surface area contributed by atoms with E-state index in [-0.39, 0.29) is 5.78 Å². The lowest BCUT2D eigenvalue weighted by molar-refractivity contribution is 0.101. The maximum Gasteiger partial charge on any atom is 0.163 e. The molecule has 1 aromatic rings. The highest BCUT2D eigenvalue weighted by Crippen LogP contribution is 2.25. The van der Waals surface area contributed by atoms with Crippen molar-refractivity contribution in [3.63, 3.8) is 0 Å². The van der Waals surface area contributed by atoms with Crippen LogP contribution in [0.3, 0.4) is 0 Å². The van der Waals surface area contributed by atoms with E-state index in [2.05, 4.69) is 6.92 Å². The van der Waals surface area contributed by atoms with Crippen LogP contribution in [0, 0.1) is 0 Å². The van der Waals surface area contributed by atoms with Crippen LogP contribution < -0.4 is 9.47 Å². The summed E-state index contributed by atoms with van der Waals surface area (Å²) in [7, 11) is 1.63. The predicted octanol–water partition coefficient (Wildman–Crippen LogP) is 7.76. The quantitative estimate of drug-likeness (QED) is 0.190. The maximum absolute atomic E-state index is 11.7. The molecule has 0 fully saturated rings. The second kappa shape index (κ2) is 16.4. The minimum absolute atomic E-state index is 0.0265. The van der Waals surface area contributed by atoms with Crippen LogP contribution in [-0.4, -0.2) is 19.5 Å². The molecule has 0 amide bonds. The monoisotopic (exact) mass is 390 g/mol. The van der Waals surface area contributed by atoms with Crippen LogP contribution in [-0.2, 0) is 0 Å². The van der Waals surface area contributed by atoms with Gasteiger partial charge in [0, 0.05) is 6.07 Å². The average molecular weight is 391 g/mol. The van der Waals surface area contributed by atoms with Gasteiger partial charge in [0.2, 0.25) is 0 Å². The number of rotatable bonds is 18. The number of unbranched alkanes of at least 4 members (excludes halogenated alkanes) is 13. The summed E-state index contributed by atoms with van der Waals surface area (Å²) in [4.78, 5) is 11.7. The van der Waals surface area contributed by atoms with Crippen molar-refractivity contribution in [2.45, 2.75) is 104 Å². The number of hydrogen-bond donors (Lipinski definition) is 0. The number of ketones is 1. The van der Waals surface area contributed by atoms with Crippen LogP contribution in [0.1, 0.15) is 114 Å². The first-order valence-corrected chi connectivity index (χ1v) is 11.5. The van der Waals surface area contributed by atoms with E-state index >= 15 is 0 Å². The van der Waals surface area contributed by atoms with Gasteiger partial charge in [0.15, 0.2) is 5.78 Å². The lowest BCUT2D eigenvalue weighted by atomic mass is 10.0. The van der Waals surface area contributed by atoms with Crippen LogP contribution >= 0.6 is 0 Å². The van der Waals surface area contributed by atoms with Gasteiger partial charge in [-0.2, -0.15) is 0 Å². The zero-order chi connectivity index (χ0) is 20.5. The second-order valence-corrected chi connectivity index (χ2v) is 7.86. The summed E-state index contributed by atoms with van der Waals surface area (Å²) in [6, 6.07) is 5.39. The van der Waals surface area contributed by atoms with Crippen molar-refractivity contribution in [3.05, 3.63) is 23.8 Å². The number of carbonyl (C=O) groups excluding carboxylic acids is 1. The van der Waals surface area contributed by atoms with E-state index in [0.29, 0.717) is 17.9 Å². The van der Waals surface area contributed by atoms with E-state index in [1.807, 2.05) is 0 Å². The Hall–Kier alpha value is -1.51. The van der Waals surface area contributed by atoms with Gasteiger partial charge in [0.25, 0.3) is 0 Å². The predicted molar refractivity (Wildman–Crippen MR) is 119 cm³/mol. The van der Waals surface area contributed by atoms with Crippen molar-refractivity contribution in [3.8, 4) is 11.5 Å². The zero-order valence-electron chi connectivity index (χ0n) is 18.6. The summed E-state index contributed by atoms with van der Waals surface area (Å²) < 4.78 is 11.1. The second-order valence-electron chi connectivity index (χ2n) is 7.86. The number of Topliss-reactive ketones (excluding diaryl/α,β-unsaturated/α-hetero) is 1. The van der Waals surface area contributed by atoms with Gasteiger partial charge in [-0.3, -0.25) is 4.79 Å². The lowest BCUT2D eigenvalue weighted by Gasteiger charge is -2.11. The topological polar surface area (TPSA) is 35.5 Å². The summed E-state index contributed by atoms with van der Waals surface area (Å²) in [5.41, 5.74) is 0.631. The Bertz CT molecular complexity index is 525. The van der Waals surface area contributed by atoms with Crippen LogP contribution in [0.15, 0.2) is 18.2 Å². The molecular formula is C25H42O3. The third kappa shape index (κ3) is 11.4. The highest BCUT2D eigenvalue weighted by Gasteiger charge is 2.09. The molecule has 0 aliphatic carbocycles. The Labute approximate surface area is 173 Å². The molecule has 0 unspecified atom stereocenters. The summed E-state index contributed by atoms with van der Waals surface area (Å²) in [5, 5.41) is 0. The summed E-state index contributed by atoms with van der Waals surface area (Å²) in [6.45, 7) is 4.50. The minimum atomic E-state index is 0.0265. The van der Waals surface area contributed by atoms with Gasteiger partial charge < -0.3 is 9.47 Å². The molecule has 0 N–H and O–H groups in total. The fourth-order valence-corrected chi connectivity index (χ4v) is 3.52. The lowest BCUT2D eigenvalue weighted by Crippen LogP contribution is -2.03. The van der Waals surface area contributed by atoms with Crippen molar-refractivity contribution < 1.29 is 14.3 Å². The smallest absolute Gasteiger partial charge is 0.163 e. The van der Waals surface area contributed by atoms with Gasteiger partial charge in [0.1, 0.15) is 11.5 Å². The van der Waals surface area contributed by atoms with Gasteiger partial charge in [-0.15, -0.1) is 0 Å². The molecule has 28 heavy (non-hydrogen) atoms. The van der Waals surface area contributed by atoms with Crippen LogP contribution in [0.5, 0.6) is 11.5 Å². The summed E-state index contributed by atoms with van der Waals surface area (Å²) in [6.07, 6.45) is 18.8. The first kappa shape index (κ1) is 24.5. The molecule has 160 valence electrons. The Balaban J connectivity index is 1.99. The van der Waals surface area contributed by atoms with Gasteiger partial charge in [-0.1, -0.05) is 90.4 Å². The normalized spacial score (nSPS) is 10.8. The van der Waals surface area contributed by atoms with E-state index in [0.717, 1.165) is 12.2 Å². The number of benzene rings is 1. The molecule has 0 aliphatic heterocycles. The third-order valence-electron chi connectivity index (χ3n) is 5.32. The van der Waals surface area contributed by atoms with Gasteiger partial charge >= 0.3 is 0 Å². The molecule has 3 heteroatoms. The van der Waals surface area contributed by atoms with Crippen molar-refractivity contribution in [1.29, 1.82) is 0 Å². The molecule has 1 rings (SSSR count). The molecule has 0 atom stereocenters. The Kier molecular flexibility index (Phi) is 14.4. The minimum Gasteiger partial charge on any atom is -0.497 e. The Morgan fingerprint density at radius 2 is 1.29 bits per heavy atom.